The number of benzene rings is 1. The van der Waals surface area contributed by atoms with E-state index in [2.05, 4.69) is 54.2 Å². The normalized spacial score (nSPS) is 11.1. The molecule has 100 valence electrons. The fourth-order valence-electron chi connectivity index (χ4n) is 2.50. The molecule has 3 nitrogen and oxygen atoms in total. The van der Waals surface area contributed by atoms with E-state index in [9.17, 15) is 0 Å². The average molecular weight is 255 g/mol. The fourth-order valence-corrected chi connectivity index (χ4v) is 2.50. The molecule has 19 heavy (non-hydrogen) atoms. The standard InChI is InChI=1S/C16H21N3/c1-13-14(9-12-19(2)11-6-5-10-17)15-7-3-4-8-16(15)18-13/h3-4,7-8,18H,5-6,9,11-12H2,1-2H3. The van der Waals surface area contributed by atoms with E-state index >= 15 is 0 Å². The van der Waals surface area contributed by atoms with Crippen LogP contribution in [0, 0.1) is 18.3 Å². The first-order chi connectivity index (χ1) is 9.22. The van der Waals surface area contributed by atoms with Crippen molar-refractivity contribution in [2.24, 2.45) is 0 Å². The zero-order chi connectivity index (χ0) is 13.7. The van der Waals surface area contributed by atoms with Crippen molar-refractivity contribution >= 4 is 10.9 Å². The van der Waals surface area contributed by atoms with Crippen LogP contribution in [-0.4, -0.2) is 30.0 Å². The highest BCUT2D eigenvalue weighted by molar-refractivity contribution is 5.84. The number of nitrogens with zero attached hydrogens (tertiary/aromatic N) is 2. The highest BCUT2D eigenvalue weighted by Crippen LogP contribution is 2.22. The molecule has 0 radical (unpaired) electrons. The quantitative estimate of drug-likeness (QED) is 0.805. The van der Waals surface area contributed by atoms with Gasteiger partial charge in [-0.25, -0.2) is 0 Å². The van der Waals surface area contributed by atoms with E-state index in [1.807, 2.05) is 0 Å². The second-order valence-electron chi connectivity index (χ2n) is 5.09. The van der Waals surface area contributed by atoms with Crippen LogP contribution in [0.15, 0.2) is 24.3 Å². The van der Waals surface area contributed by atoms with Gasteiger partial charge < -0.3 is 9.88 Å². The van der Waals surface area contributed by atoms with Crippen LogP contribution >= 0.6 is 0 Å². The number of aryl methyl sites for hydroxylation is 1. The van der Waals surface area contributed by atoms with Gasteiger partial charge >= 0.3 is 0 Å². The molecule has 1 N–H and O–H groups in total. The third-order valence-electron chi connectivity index (χ3n) is 3.60. The summed E-state index contributed by atoms with van der Waals surface area (Å²) in [5.41, 5.74) is 3.91. The van der Waals surface area contributed by atoms with Crippen molar-refractivity contribution in [3.63, 3.8) is 0 Å². The summed E-state index contributed by atoms with van der Waals surface area (Å²) in [5.74, 6) is 0. The first-order valence-corrected chi connectivity index (χ1v) is 6.84. The third kappa shape index (κ3) is 3.36. The topological polar surface area (TPSA) is 42.8 Å². The Balaban J connectivity index is 1.98. The minimum Gasteiger partial charge on any atom is -0.358 e. The second-order valence-corrected chi connectivity index (χ2v) is 5.09. The molecule has 2 aromatic rings. The lowest BCUT2D eigenvalue weighted by atomic mass is 10.1. The molecule has 3 heteroatoms. The Morgan fingerprint density at radius 2 is 2.05 bits per heavy atom. The molecule has 0 aliphatic heterocycles. The van der Waals surface area contributed by atoms with E-state index < -0.39 is 0 Å². The van der Waals surface area contributed by atoms with E-state index in [1.54, 1.807) is 0 Å². The lowest BCUT2D eigenvalue weighted by Crippen LogP contribution is -2.22. The van der Waals surface area contributed by atoms with Gasteiger partial charge in [-0.05, 0) is 45.0 Å². The maximum atomic E-state index is 8.54. The number of nitriles is 1. The second kappa shape index (κ2) is 6.40. The summed E-state index contributed by atoms with van der Waals surface area (Å²) >= 11 is 0. The Labute approximate surface area is 114 Å². The number of hydrogen-bond acceptors (Lipinski definition) is 2. The number of H-pyrrole nitrogens is 1. The summed E-state index contributed by atoms with van der Waals surface area (Å²) in [7, 11) is 2.13. The molecule has 0 bridgehead atoms. The molecule has 0 fully saturated rings. The van der Waals surface area contributed by atoms with Gasteiger partial charge in [0.05, 0.1) is 6.07 Å². The van der Waals surface area contributed by atoms with Gasteiger partial charge in [0.15, 0.2) is 0 Å². The Kier molecular flexibility index (Phi) is 4.59. The monoisotopic (exact) mass is 255 g/mol. The summed E-state index contributed by atoms with van der Waals surface area (Å²) in [5, 5.41) is 9.88. The molecule has 0 unspecified atom stereocenters. The predicted molar refractivity (Wildman–Crippen MR) is 79.1 cm³/mol. The summed E-state index contributed by atoms with van der Waals surface area (Å²) in [6, 6.07) is 10.7. The lowest BCUT2D eigenvalue weighted by molar-refractivity contribution is 0.335. The number of para-hydroxylation sites is 1. The van der Waals surface area contributed by atoms with Gasteiger partial charge in [-0.2, -0.15) is 5.26 Å². The molecule has 0 saturated carbocycles. The molecule has 1 heterocycles. The number of fused-ring (bicyclic) bond motifs is 1. The number of aromatic nitrogens is 1. The van der Waals surface area contributed by atoms with Crippen molar-refractivity contribution in [1.29, 1.82) is 5.26 Å². The van der Waals surface area contributed by atoms with E-state index in [1.165, 1.54) is 22.2 Å². The summed E-state index contributed by atoms with van der Waals surface area (Å²) < 4.78 is 0. The highest BCUT2D eigenvalue weighted by atomic mass is 15.1. The zero-order valence-corrected chi connectivity index (χ0v) is 11.7. The van der Waals surface area contributed by atoms with Crippen molar-refractivity contribution in [1.82, 2.24) is 9.88 Å². The maximum Gasteiger partial charge on any atom is 0.0622 e. The van der Waals surface area contributed by atoms with Crippen molar-refractivity contribution < 1.29 is 0 Å². The lowest BCUT2D eigenvalue weighted by Gasteiger charge is -2.15. The van der Waals surface area contributed by atoms with E-state index in [-0.39, 0.29) is 0 Å². The summed E-state index contributed by atoms with van der Waals surface area (Å²) in [6.07, 6.45) is 2.66. The van der Waals surface area contributed by atoms with Crippen LogP contribution in [0.25, 0.3) is 10.9 Å². The number of likely N-dealkylation sites (N-methyl/N-ethyl adjacent to an activating group) is 1. The highest BCUT2D eigenvalue weighted by Gasteiger charge is 2.08. The molecule has 0 spiro atoms. The number of aromatic amines is 1. The van der Waals surface area contributed by atoms with Gasteiger partial charge in [0.25, 0.3) is 0 Å². The molecule has 1 aromatic heterocycles. The SMILES string of the molecule is Cc1[nH]c2ccccc2c1CCN(C)CCCC#N. The van der Waals surface area contributed by atoms with Crippen molar-refractivity contribution in [2.45, 2.75) is 26.2 Å². The largest absolute Gasteiger partial charge is 0.358 e. The van der Waals surface area contributed by atoms with Gasteiger partial charge in [0.2, 0.25) is 0 Å². The first kappa shape index (κ1) is 13.6. The molecular weight excluding hydrogens is 234 g/mol. The Morgan fingerprint density at radius 3 is 2.84 bits per heavy atom. The summed E-state index contributed by atoms with van der Waals surface area (Å²) in [6.45, 7) is 4.17. The number of nitrogens with one attached hydrogen (secondary N) is 1. The van der Waals surface area contributed by atoms with Gasteiger partial charge in [-0.3, -0.25) is 0 Å². The Morgan fingerprint density at radius 1 is 1.26 bits per heavy atom. The van der Waals surface area contributed by atoms with Crippen molar-refractivity contribution in [3.8, 4) is 6.07 Å². The minimum absolute atomic E-state index is 0.649. The molecule has 0 saturated heterocycles. The smallest absolute Gasteiger partial charge is 0.0622 e. The van der Waals surface area contributed by atoms with Gasteiger partial charge in [0, 0.05) is 29.6 Å². The van der Waals surface area contributed by atoms with E-state index in [4.69, 9.17) is 5.26 Å². The molecular formula is C16H21N3. The number of rotatable bonds is 6. The fraction of sp³-hybridized carbons (Fsp3) is 0.438. The van der Waals surface area contributed by atoms with Crippen LogP contribution in [0.2, 0.25) is 0 Å². The van der Waals surface area contributed by atoms with Crippen LogP contribution in [0.1, 0.15) is 24.1 Å². The number of unbranched alkanes of at least 4 members (excludes halogenated alkanes) is 1. The molecule has 2 rings (SSSR count). The molecule has 0 aliphatic carbocycles. The van der Waals surface area contributed by atoms with Gasteiger partial charge in [0.1, 0.15) is 0 Å². The first-order valence-electron chi connectivity index (χ1n) is 6.84. The Bertz CT molecular complexity index is 577. The van der Waals surface area contributed by atoms with Crippen LogP contribution in [-0.2, 0) is 6.42 Å². The number of hydrogen-bond donors (Lipinski definition) is 1. The minimum atomic E-state index is 0.649. The van der Waals surface area contributed by atoms with E-state index in [0.29, 0.717) is 6.42 Å². The van der Waals surface area contributed by atoms with Gasteiger partial charge in [-0.1, -0.05) is 18.2 Å². The third-order valence-corrected chi connectivity index (χ3v) is 3.60. The van der Waals surface area contributed by atoms with Crippen molar-refractivity contribution in [2.75, 3.05) is 20.1 Å². The van der Waals surface area contributed by atoms with Gasteiger partial charge in [-0.15, -0.1) is 0 Å². The molecule has 0 atom stereocenters. The predicted octanol–water partition coefficient (Wildman–Crippen LogP) is 3.25. The average Bonchev–Trinajstić information content (AvgIpc) is 2.72. The van der Waals surface area contributed by atoms with Crippen LogP contribution < -0.4 is 0 Å². The van der Waals surface area contributed by atoms with E-state index in [0.717, 1.165) is 25.9 Å². The summed E-state index contributed by atoms with van der Waals surface area (Å²) in [4.78, 5) is 5.75. The van der Waals surface area contributed by atoms with Crippen LogP contribution in [0.3, 0.4) is 0 Å². The van der Waals surface area contributed by atoms with Crippen molar-refractivity contribution in [3.05, 3.63) is 35.5 Å². The van der Waals surface area contributed by atoms with Crippen LogP contribution in [0.5, 0.6) is 0 Å². The zero-order valence-electron chi connectivity index (χ0n) is 11.7. The Hall–Kier alpha value is -1.79. The molecule has 0 amide bonds. The molecule has 1 aromatic carbocycles. The maximum absolute atomic E-state index is 8.54. The molecule has 0 aliphatic rings. The van der Waals surface area contributed by atoms with Crippen LogP contribution in [0.4, 0.5) is 0 Å².